The van der Waals surface area contributed by atoms with E-state index in [0.717, 1.165) is 99.5 Å². The van der Waals surface area contributed by atoms with Gasteiger partial charge in [0, 0.05) is 60.6 Å². The van der Waals surface area contributed by atoms with Gasteiger partial charge in [-0.1, -0.05) is 104 Å². The summed E-state index contributed by atoms with van der Waals surface area (Å²) in [4.78, 5) is 23.9. The van der Waals surface area contributed by atoms with Crippen molar-refractivity contribution >= 4 is 163 Å². The molecule has 2 N–H and O–H groups in total. The molecule has 6 nitrogen and oxygen atoms in total. The van der Waals surface area contributed by atoms with Crippen LogP contribution in [0.3, 0.4) is 0 Å². The molecule has 0 saturated carbocycles. The first-order valence-corrected chi connectivity index (χ1v) is 20.8. The van der Waals surface area contributed by atoms with E-state index in [-0.39, 0.29) is 0 Å². The number of imidazole rings is 2. The third kappa shape index (κ3) is 6.26. The highest BCUT2D eigenvalue weighted by atomic mass is 79.9. The molecule has 0 amide bonds. The molecule has 10 rings (SSSR count). The maximum atomic E-state index is 7.51. The highest BCUT2D eigenvalue weighted by Crippen LogP contribution is 2.43. The SMILES string of the molecule is Clc1ccc2c(c1)c1cc(Br)ccc1c1nc(-c3c(Br)cccc3Br)[nH]c21.[C-]#[N+]c1cccc([N+]#[C-])c1-c1nc2c3ccc(Br)cc3c3cc(Cl)ccc3c2[nH]1. The Kier molecular flexibility index (Phi) is 9.62. The molecule has 0 atom stereocenters. The van der Waals surface area contributed by atoms with E-state index in [1.54, 1.807) is 18.2 Å². The lowest BCUT2D eigenvalue weighted by atomic mass is 10.00. The van der Waals surface area contributed by atoms with Crippen molar-refractivity contribution in [3.8, 4) is 22.8 Å². The zero-order chi connectivity index (χ0) is 38.8. The van der Waals surface area contributed by atoms with Crippen molar-refractivity contribution in [2.45, 2.75) is 0 Å². The summed E-state index contributed by atoms with van der Waals surface area (Å²) in [5.41, 5.74) is 5.94. The number of fused-ring (bicyclic) bond motifs is 12. The minimum atomic E-state index is 0.400. The molecule has 0 spiro atoms. The van der Waals surface area contributed by atoms with Gasteiger partial charge in [-0.2, -0.15) is 0 Å². The van der Waals surface area contributed by atoms with E-state index < -0.39 is 0 Å². The third-order valence-electron chi connectivity index (χ3n) is 9.66. The molecule has 0 bridgehead atoms. The second kappa shape index (κ2) is 14.6. The van der Waals surface area contributed by atoms with Crippen LogP contribution in [0.15, 0.2) is 127 Å². The number of nitrogens with one attached hydrogen (secondary N) is 2. The molecule has 0 radical (unpaired) electrons. The van der Waals surface area contributed by atoms with Crippen molar-refractivity contribution in [2.24, 2.45) is 0 Å². The fourth-order valence-electron chi connectivity index (χ4n) is 7.25. The van der Waals surface area contributed by atoms with Gasteiger partial charge in [-0.25, -0.2) is 19.7 Å². The van der Waals surface area contributed by atoms with Gasteiger partial charge in [0.15, 0.2) is 11.4 Å². The van der Waals surface area contributed by atoms with E-state index in [2.05, 4.69) is 108 Å². The summed E-state index contributed by atoms with van der Waals surface area (Å²) in [5.74, 6) is 1.33. The maximum Gasteiger partial charge on any atom is 0.187 e. The Morgan fingerprint density at radius 3 is 1.34 bits per heavy atom. The first-order chi connectivity index (χ1) is 27.1. The first kappa shape index (κ1) is 36.8. The average molecular weight is 1020 g/mol. The third-order valence-corrected chi connectivity index (χ3v) is 12.4. The van der Waals surface area contributed by atoms with E-state index in [9.17, 15) is 0 Å². The number of aromatic nitrogens is 4. The number of aromatic amines is 2. The Morgan fingerprint density at radius 1 is 0.464 bits per heavy atom. The zero-order valence-electron chi connectivity index (χ0n) is 28.4. The molecule has 268 valence electrons. The molecule has 0 unspecified atom stereocenters. The van der Waals surface area contributed by atoms with Crippen molar-refractivity contribution < 1.29 is 0 Å². The van der Waals surface area contributed by atoms with Crippen LogP contribution in [-0.2, 0) is 0 Å². The van der Waals surface area contributed by atoms with Crippen LogP contribution in [-0.4, -0.2) is 19.9 Å². The maximum absolute atomic E-state index is 7.51. The first-order valence-electron chi connectivity index (χ1n) is 16.9. The highest BCUT2D eigenvalue weighted by Gasteiger charge is 2.20. The van der Waals surface area contributed by atoms with Crippen LogP contribution in [0, 0.1) is 13.1 Å². The van der Waals surface area contributed by atoms with Crippen LogP contribution in [0.5, 0.6) is 0 Å². The summed E-state index contributed by atoms with van der Waals surface area (Å²) in [7, 11) is 0. The zero-order valence-corrected chi connectivity index (χ0v) is 36.3. The highest BCUT2D eigenvalue weighted by molar-refractivity contribution is 9.11. The van der Waals surface area contributed by atoms with Gasteiger partial charge in [0.1, 0.15) is 11.6 Å². The van der Waals surface area contributed by atoms with Crippen LogP contribution in [0.1, 0.15) is 0 Å². The van der Waals surface area contributed by atoms with Crippen LogP contribution in [0.4, 0.5) is 11.4 Å². The molecular formula is C44H20Br4Cl2N6. The molecule has 0 aliphatic carbocycles. The predicted molar refractivity (Wildman–Crippen MR) is 246 cm³/mol. The van der Waals surface area contributed by atoms with E-state index in [1.807, 2.05) is 66.7 Å². The Bertz CT molecular complexity index is 3170. The number of hydrogen-bond acceptors (Lipinski definition) is 2. The average Bonchev–Trinajstić information content (AvgIpc) is 3.84. The normalized spacial score (nSPS) is 11.4. The Morgan fingerprint density at radius 2 is 0.875 bits per heavy atom. The number of nitrogens with zero attached hydrogens (tertiary/aromatic N) is 4. The molecule has 0 fully saturated rings. The largest absolute Gasteiger partial charge is 0.340 e. The lowest BCUT2D eigenvalue weighted by Crippen LogP contribution is -1.84. The lowest BCUT2D eigenvalue weighted by molar-refractivity contribution is 1.32. The number of H-pyrrole nitrogens is 2. The number of halogens is 6. The Labute approximate surface area is 363 Å². The van der Waals surface area contributed by atoms with E-state index in [0.29, 0.717) is 27.8 Å². The summed E-state index contributed by atoms with van der Waals surface area (Å²) in [5, 5.41) is 9.81. The topological polar surface area (TPSA) is 66.1 Å². The summed E-state index contributed by atoms with van der Waals surface area (Å²) >= 11 is 27.0. The minimum absolute atomic E-state index is 0.400. The van der Waals surface area contributed by atoms with Crippen molar-refractivity contribution in [1.29, 1.82) is 0 Å². The van der Waals surface area contributed by atoms with Gasteiger partial charge < -0.3 is 9.97 Å². The van der Waals surface area contributed by atoms with E-state index in [1.165, 1.54) is 0 Å². The molecule has 2 aromatic heterocycles. The lowest BCUT2D eigenvalue weighted by Gasteiger charge is -2.07. The van der Waals surface area contributed by atoms with Crippen LogP contribution >= 0.6 is 86.9 Å². The van der Waals surface area contributed by atoms with Crippen LogP contribution in [0.2, 0.25) is 10.0 Å². The molecule has 56 heavy (non-hydrogen) atoms. The second-order valence-electron chi connectivity index (χ2n) is 12.9. The number of benzene rings is 8. The van der Waals surface area contributed by atoms with Crippen molar-refractivity contribution in [3.05, 3.63) is 160 Å². The molecule has 8 aromatic carbocycles. The van der Waals surface area contributed by atoms with Gasteiger partial charge >= 0.3 is 0 Å². The van der Waals surface area contributed by atoms with Gasteiger partial charge in [0.2, 0.25) is 0 Å². The van der Waals surface area contributed by atoms with E-state index >= 15 is 0 Å². The molecule has 10 aromatic rings. The summed E-state index contributed by atoms with van der Waals surface area (Å²) in [6, 6.07) is 35.2. The van der Waals surface area contributed by atoms with Gasteiger partial charge in [-0.05, 0) is 114 Å². The monoisotopic (exact) mass is 1020 g/mol. The van der Waals surface area contributed by atoms with E-state index in [4.69, 9.17) is 46.3 Å². The summed E-state index contributed by atoms with van der Waals surface area (Å²) < 4.78 is 3.96. The van der Waals surface area contributed by atoms with Gasteiger partial charge in [0.05, 0.1) is 35.2 Å². The minimum Gasteiger partial charge on any atom is -0.340 e. The number of hydrogen-bond donors (Lipinski definition) is 2. The fraction of sp³-hybridized carbons (Fsp3) is 0. The van der Waals surface area contributed by atoms with Gasteiger partial charge in [-0.3, -0.25) is 0 Å². The van der Waals surface area contributed by atoms with Gasteiger partial charge in [0.25, 0.3) is 0 Å². The molecule has 12 heteroatoms. The standard InChI is InChI=1S/C23H10BrClN4.C21H10Br3ClN2/c1-26-18-4-3-5-19(27-2)20(18)23-28-21-14-8-6-12(24)10-16(14)17-11-13(25)7-9-15(17)22(21)29-23;22-10-4-6-12-14(8-10)15-9-11(25)5-7-13(15)20-19(12)26-21(27-20)18-16(23)2-1-3-17(18)24/h3-11H,(H,28,29);1-9H,(H,26,27). The van der Waals surface area contributed by atoms with Crippen molar-refractivity contribution in [2.75, 3.05) is 0 Å². The predicted octanol–water partition coefficient (Wildman–Crippen LogP) is 16.5. The van der Waals surface area contributed by atoms with Crippen molar-refractivity contribution in [1.82, 2.24) is 19.9 Å². The number of rotatable bonds is 2. The molecule has 2 heterocycles. The Balaban J connectivity index is 0.000000147. The molecule has 0 aliphatic rings. The van der Waals surface area contributed by atoms with Crippen LogP contribution < -0.4 is 0 Å². The second-order valence-corrected chi connectivity index (χ2v) is 17.3. The molecular weight excluding hydrogens is 1000 g/mol. The molecule has 0 aliphatic heterocycles. The molecule has 0 saturated heterocycles. The summed E-state index contributed by atoms with van der Waals surface area (Å²) in [6.07, 6.45) is 0. The Hall–Kier alpha value is -4.78. The van der Waals surface area contributed by atoms with Crippen molar-refractivity contribution in [3.63, 3.8) is 0 Å². The fourth-order valence-corrected chi connectivity index (χ4v) is 9.69. The smallest absolute Gasteiger partial charge is 0.187 e. The quantitative estimate of drug-likeness (QED) is 0.134. The van der Waals surface area contributed by atoms with Gasteiger partial charge in [-0.15, -0.1) is 0 Å². The summed E-state index contributed by atoms with van der Waals surface area (Å²) in [6.45, 7) is 15.0. The van der Waals surface area contributed by atoms with Crippen LogP contribution in [0.25, 0.3) is 97.6 Å².